The van der Waals surface area contributed by atoms with Crippen molar-refractivity contribution in [2.24, 2.45) is 0 Å². The first-order chi connectivity index (χ1) is 14.7. The first kappa shape index (κ1) is 22.5. The largest absolute Gasteiger partial charge is 0.442 e. The lowest BCUT2D eigenvalue weighted by atomic mass is 10.1. The summed E-state index contributed by atoms with van der Waals surface area (Å²) in [5.74, 6) is -0.908. The third-order valence-electron chi connectivity index (χ3n) is 4.49. The molecule has 9 heteroatoms. The molecule has 1 fully saturated rings. The topological polar surface area (TPSA) is 87.7 Å². The first-order valence-electron chi connectivity index (χ1n) is 9.50. The van der Waals surface area contributed by atoms with Gasteiger partial charge in [-0.1, -0.05) is 28.1 Å². The minimum atomic E-state index is -0.589. The highest BCUT2D eigenvalue weighted by atomic mass is 79.9. The Bertz CT molecular complexity index is 1060. The van der Waals surface area contributed by atoms with Crippen LogP contribution in [-0.4, -0.2) is 37.1 Å². The van der Waals surface area contributed by atoms with Gasteiger partial charge in [-0.15, -0.1) is 0 Å². The van der Waals surface area contributed by atoms with Gasteiger partial charge in [0.2, 0.25) is 11.8 Å². The summed E-state index contributed by atoms with van der Waals surface area (Å²) in [7, 11) is 0. The molecule has 0 radical (unpaired) electrons. The van der Waals surface area contributed by atoms with E-state index in [1.165, 1.54) is 24.8 Å². The molecule has 2 aromatic rings. The average Bonchev–Trinajstić information content (AvgIpc) is 3.08. The maximum atomic E-state index is 14.8. The summed E-state index contributed by atoms with van der Waals surface area (Å²) in [6.45, 7) is 3.22. The summed E-state index contributed by atoms with van der Waals surface area (Å²) in [5.41, 5.74) is 2.09. The highest BCUT2D eigenvalue weighted by Crippen LogP contribution is 2.29. The van der Waals surface area contributed by atoms with Crippen LogP contribution in [0.1, 0.15) is 25.0 Å². The van der Waals surface area contributed by atoms with Crippen molar-refractivity contribution < 1.29 is 23.5 Å². The Hall–Kier alpha value is -3.20. The minimum absolute atomic E-state index is 0.182. The number of benzene rings is 2. The molecule has 0 unspecified atom stereocenters. The lowest BCUT2D eigenvalue weighted by molar-refractivity contribution is -0.119. The zero-order chi connectivity index (χ0) is 22.5. The molecule has 31 heavy (non-hydrogen) atoms. The summed E-state index contributed by atoms with van der Waals surface area (Å²) >= 11 is 3.45. The Balaban J connectivity index is 1.76. The Kier molecular flexibility index (Phi) is 7.06. The van der Waals surface area contributed by atoms with Crippen LogP contribution in [0.25, 0.3) is 10.6 Å². The zero-order valence-electron chi connectivity index (χ0n) is 16.9. The van der Waals surface area contributed by atoms with E-state index in [0.717, 1.165) is 5.56 Å². The molecule has 3 rings (SSSR count). The van der Waals surface area contributed by atoms with Crippen LogP contribution in [0.3, 0.4) is 0 Å². The van der Waals surface area contributed by atoms with Gasteiger partial charge in [-0.3, -0.25) is 14.5 Å². The molecule has 1 aliphatic heterocycles. The predicted molar refractivity (Wildman–Crippen MR) is 120 cm³/mol. The van der Waals surface area contributed by atoms with Crippen molar-refractivity contribution >= 4 is 55.8 Å². The van der Waals surface area contributed by atoms with Crippen LogP contribution < -0.4 is 15.5 Å². The average molecular weight is 490 g/mol. The number of ether oxygens (including phenoxy) is 1. The van der Waals surface area contributed by atoms with E-state index in [9.17, 15) is 18.8 Å². The summed E-state index contributed by atoms with van der Waals surface area (Å²) in [6, 6.07) is 11.6. The van der Waals surface area contributed by atoms with Gasteiger partial charge >= 0.3 is 6.09 Å². The van der Waals surface area contributed by atoms with E-state index in [1.54, 1.807) is 36.4 Å². The zero-order valence-corrected chi connectivity index (χ0v) is 18.5. The number of halogens is 2. The van der Waals surface area contributed by atoms with Crippen molar-refractivity contribution in [2.45, 2.75) is 20.0 Å². The van der Waals surface area contributed by atoms with Crippen LogP contribution >= 0.6 is 15.9 Å². The highest BCUT2D eigenvalue weighted by Gasteiger charge is 2.32. The standard InChI is InChI=1S/C22H21BrFN3O4/c1-13(28)25-11-19-12-27(22(30)31-19)18-7-6-16(21(24)10-18)9-20(23)15-4-3-5-17(8-15)26-14(2)29/h3-10,19H,11-12H2,1-2H3,(H,25,28)(H,26,29)/b20-9-/t19-/m0/s1. The molecule has 1 atom stereocenters. The third-order valence-corrected chi connectivity index (χ3v) is 5.18. The maximum absolute atomic E-state index is 14.8. The summed E-state index contributed by atoms with van der Waals surface area (Å²) in [6.07, 6.45) is 0.534. The first-order valence-corrected chi connectivity index (χ1v) is 10.3. The van der Waals surface area contributed by atoms with Gasteiger partial charge in [0.25, 0.3) is 0 Å². The molecule has 2 aromatic carbocycles. The molecule has 0 aromatic heterocycles. The Morgan fingerprint density at radius 1 is 1.23 bits per heavy atom. The number of cyclic esters (lactones) is 1. The number of anilines is 2. The summed E-state index contributed by atoms with van der Waals surface area (Å²) < 4.78 is 20.6. The molecule has 1 saturated heterocycles. The highest BCUT2D eigenvalue weighted by molar-refractivity contribution is 9.15. The quantitative estimate of drug-likeness (QED) is 0.596. The lowest BCUT2D eigenvalue weighted by Crippen LogP contribution is -2.33. The van der Waals surface area contributed by atoms with Crippen LogP contribution in [0.4, 0.5) is 20.6 Å². The van der Waals surface area contributed by atoms with E-state index in [-0.39, 0.29) is 24.9 Å². The van der Waals surface area contributed by atoms with E-state index in [4.69, 9.17) is 4.74 Å². The second-order valence-electron chi connectivity index (χ2n) is 7.01. The van der Waals surface area contributed by atoms with Gasteiger partial charge in [-0.25, -0.2) is 9.18 Å². The van der Waals surface area contributed by atoms with Crippen molar-refractivity contribution in [3.8, 4) is 0 Å². The van der Waals surface area contributed by atoms with E-state index >= 15 is 0 Å². The smallest absolute Gasteiger partial charge is 0.414 e. The van der Waals surface area contributed by atoms with E-state index in [2.05, 4.69) is 26.6 Å². The number of nitrogens with zero attached hydrogens (tertiary/aromatic N) is 1. The Morgan fingerprint density at radius 3 is 2.68 bits per heavy atom. The number of amides is 3. The van der Waals surface area contributed by atoms with Crippen molar-refractivity contribution in [3.63, 3.8) is 0 Å². The third kappa shape index (κ3) is 5.91. The molecule has 0 saturated carbocycles. The van der Waals surface area contributed by atoms with Gasteiger partial charge in [0.15, 0.2) is 0 Å². The molecule has 0 spiro atoms. The fourth-order valence-corrected chi connectivity index (χ4v) is 3.56. The van der Waals surface area contributed by atoms with E-state index < -0.39 is 18.0 Å². The molecule has 1 heterocycles. The number of hydrogen-bond donors (Lipinski definition) is 2. The molecular formula is C22H21BrFN3O4. The number of rotatable bonds is 6. The van der Waals surface area contributed by atoms with E-state index in [0.29, 0.717) is 21.4 Å². The maximum Gasteiger partial charge on any atom is 0.414 e. The van der Waals surface area contributed by atoms with Crippen LogP contribution in [0.2, 0.25) is 0 Å². The van der Waals surface area contributed by atoms with Crippen molar-refractivity contribution in [2.75, 3.05) is 23.3 Å². The molecule has 0 bridgehead atoms. The Labute approximate surface area is 187 Å². The molecule has 7 nitrogen and oxygen atoms in total. The summed E-state index contributed by atoms with van der Waals surface area (Å²) in [4.78, 5) is 35.7. The molecule has 2 N–H and O–H groups in total. The predicted octanol–water partition coefficient (Wildman–Crippen LogP) is 4.14. The molecule has 0 aliphatic carbocycles. The van der Waals surface area contributed by atoms with Crippen LogP contribution in [0.15, 0.2) is 42.5 Å². The van der Waals surface area contributed by atoms with Gasteiger partial charge in [0.1, 0.15) is 11.9 Å². The normalized spacial score (nSPS) is 16.1. The fourth-order valence-electron chi connectivity index (χ4n) is 3.07. The number of carbonyl (C=O) groups is 3. The van der Waals surface area contributed by atoms with Crippen molar-refractivity contribution in [1.82, 2.24) is 5.32 Å². The minimum Gasteiger partial charge on any atom is -0.442 e. The van der Waals surface area contributed by atoms with Gasteiger partial charge in [-0.05, 0) is 42.0 Å². The van der Waals surface area contributed by atoms with Gasteiger partial charge in [0.05, 0.1) is 18.8 Å². The van der Waals surface area contributed by atoms with Gasteiger partial charge < -0.3 is 15.4 Å². The van der Waals surface area contributed by atoms with E-state index in [1.807, 2.05) is 6.07 Å². The number of hydrogen-bond acceptors (Lipinski definition) is 4. The molecular weight excluding hydrogens is 469 g/mol. The molecule has 1 aliphatic rings. The SMILES string of the molecule is CC(=O)NC[C@H]1CN(c2ccc(/C=C(\Br)c3cccc(NC(C)=O)c3)c(F)c2)C(=O)O1. The molecule has 3 amide bonds. The monoisotopic (exact) mass is 489 g/mol. The van der Waals surface area contributed by atoms with Crippen LogP contribution in [-0.2, 0) is 14.3 Å². The second kappa shape index (κ2) is 9.74. The summed E-state index contributed by atoms with van der Waals surface area (Å²) in [5, 5.41) is 5.30. The van der Waals surface area contributed by atoms with Crippen molar-refractivity contribution in [1.29, 1.82) is 0 Å². The van der Waals surface area contributed by atoms with Gasteiger partial charge in [-0.2, -0.15) is 0 Å². The van der Waals surface area contributed by atoms with Crippen LogP contribution in [0.5, 0.6) is 0 Å². The number of carbonyl (C=O) groups excluding carboxylic acids is 3. The molecule has 162 valence electrons. The second-order valence-corrected chi connectivity index (χ2v) is 7.87. The number of nitrogens with one attached hydrogen (secondary N) is 2. The fraction of sp³-hybridized carbons (Fsp3) is 0.227. The lowest BCUT2D eigenvalue weighted by Gasteiger charge is -2.14. The van der Waals surface area contributed by atoms with Crippen molar-refractivity contribution in [3.05, 3.63) is 59.4 Å². The van der Waals surface area contributed by atoms with Gasteiger partial charge in [0, 0.05) is 29.6 Å². The Morgan fingerprint density at radius 2 is 2.00 bits per heavy atom. The van der Waals surface area contributed by atoms with Crippen LogP contribution in [0, 0.1) is 5.82 Å².